The first kappa shape index (κ1) is 16.6. The number of nitrogens with one attached hydrogen (secondary N) is 2. The Kier molecular flexibility index (Phi) is 6.07. The molecule has 1 amide bonds. The summed E-state index contributed by atoms with van der Waals surface area (Å²) in [5, 5.41) is 6.17. The maximum absolute atomic E-state index is 11.6. The molecule has 0 bridgehead atoms. The highest BCUT2D eigenvalue weighted by atomic mass is 16.6. The Balaban J connectivity index is 2.20. The van der Waals surface area contributed by atoms with E-state index in [0.29, 0.717) is 0 Å². The molecule has 2 unspecified atom stereocenters. The second-order valence-corrected chi connectivity index (χ2v) is 6.03. The quantitative estimate of drug-likeness (QED) is 0.840. The van der Waals surface area contributed by atoms with Gasteiger partial charge in [0, 0.05) is 6.04 Å². The zero-order chi connectivity index (χ0) is 15.2. The number of rotatable bonds is 6. The smallest absolute Gasteiger partial charge is 0.407 e. The third kappa shape index (κ3) is 6.61. The van der Waals surface area contributed by atoms with E-state index in [1.54, 1.807) is 6.26 Å². The van der Waals surface area contributed by atoms with Gasteiger partial charge >= 0.3 is 6.09 Å². The third-order valence-electron chi connectivity index (χ3n) is 2.76. The van der Waals surface area contributed by atoms with Crippen LogP contribution in [-0.2, 0) is 4.74 Å². The zero-order valence-corrected chi connectivity index (χ0v) is 13.0. The predicted octanol–water partition coefficient (Wildman–Crippen LogP) is 3.23. The lowest BCUT2D eigenvalue weighted by Gasteiger charge is -2.22. The second kappa shape index (κ2) is 7.33. The molecule has 0 saturated heterocycles. The van der Waals surface area contributed by atoms with Gasteiger partial charge in [0.15, 0.2) is 0 Å². The number of carbonyl (C=O) groups is 1. The number of alkyl carbamates (subject to hydrolysis) is 1. The normalized spacial score (nSPS) is 14.7. The SMILES string of the molecule is CC(CCNC(C)c1ccco1)NC(=O)OC(C)(C)C. The molecule has 0 aliphatic carbocycles. The summed E-state index contributed by atoms with van der Waals surface area (Å²) in [5.41, 5.74) is -0.462. The van der Waals surface area contributed by atoms with Crippen LogP contribution in [0.15, 0.2) is 22.8 Å². The lowest BCUT2D eigenvalue weighted by molar-refractivity contribution is 0.0506. The molecule has 5 nitrogen and oxygen atoms in total. The van der Waals surface area contributed by atoms with E-state index in [2.05, 4.69) is 10.6 Å². The van der Waals surface area contributed by atoms with Gasteiger partial charge in [-0.15, -0.1) is 0 Å². The van der Waals surface area contributed by atoms with E-state index in [1.165, 1.54) is 0 Å². The van der Waals surface area contributed by atoms with Crippen molar-refractivity contribution >= 4 is 6.09 Å². The van der Waals surface area contributed by atoms with Gasteiger partial charge in [0.05, 0.1) is 12.3 Å². The molecule has 114 valence electrons. The molecule has 0 radical (unpaired) electrons. The van der Waals surface area contributed by atoms with Crippen molar-refractivity contribution in [1.29, 1.82) is 0 Å². The van der Waals surface area contributed by atoms with Crippen molar-refractivity contribution < 1.29 is 13.9 Å². The highest BCUT2D eigenvalue weighted by Crippen LogP contribution is 2.12. The number of ether oxygens (including phenoxy) is 1. The predicted molar refractivity (Wildman–Crippen MR) is 78.6 cm³/mol. The molecule has 5 heteroatoms. The molecular weight excluding hydrogens is 256 g/mol. The van der Waals surface area contributed by atoms with Gasteiger partial charge in [-0.2, -0.15) is 0 Å². The van der Waals surface area contributed by atoms with Gasteiger partial charge in [0.1, 0.15) is 11.4 Å². The van der Waals surface area contributed by atoms with Crippen molar-refractivity contribution in [3.63, 3.8) is 0 Å². The van der Waals surface area contributed by atoms with Gasteiger partial charge < -0.3 is 19.8 Å². The van der Waals surface area contributed by atoms with Crippen LogP contribution in [0.5, 0.6) is 0 Å². The van der Waals surface area contributed by atoms with Gasteiger partial charge in [0.25, 0.3) is 0 Å². The van der Waals surface area contributed by atoms with E-state index in [1.807, 2.05) is 46.8 Å². The van der Waals surface area contributed by atoms with Crippen LogP contribution in [0.3, 0.4) is 0 Å². The molecule has 0 aromatic carbocycles. The molecule has 2 atom stereocenters. The topological polar surface area (TPSA) is 63.5 Å². The minimum Gasteiger partial charge on any atom is -0.468 e. The van der Waals surface area contributed by atoms with Crippen LogP contribution in [0.2, 0.25) is 0 Å². The molecule has 2 N–H and O–H groups in total. The van der Waals surface area contributed by atoms with Crippen LogP contribution in [0, 0.1) is 0 Å². The fraction of sp³-hybridized carbons (Fsp3) is 0.667. The Hall–Kier alpha value is -1.49. The number of furan rings is 1. The minimum atomic E-state index is -0.462. The lowest BCUT2D eigenvalue weighted by atomic mass is 10.2. The molecule has 1 rings (SSSR count). The molecule has 0 fully saturated rings. The van der Waals surface area contributed by atoms with Gasteiger partial charge in [-0.3, -0.25) is 0 Å². The molecule has 0 aliphatic heterocycles. The molecule has 1 aromatic heterocycles. The first-order valence-corrected chi connectivity index (χ1v) is 7.04. The molecule has 1 heterocycles. The molecule has 0 spiro atoms. The van der Waals surface area contributed by atoms with Crippen LogP contribution in [0.4, 0.5) is 4.79 Å². The molecule has 0 saturated carbocycles. The summed E-state index contributed by atoms with van der Waals surface area (Å²) >= 11 is 0. The van der Waals surface area contributed by atoms with Crippen molar-refractivity contribution in [2.75, 3.05) is 6.54 Å². The molecule has 0 aliphatic rings. The van der Waals surface area contributed by atoms with Gasteiger partial charge in [-0.25, -0.2) is 4.79 Å². The monoisotopic (exact) mass is 282 g/mol. The van der Waals surface area contributed by atoms with Gasteiger partial charge in [-0.1, -0.05) is 0 Å². The number of amides is 1. The summed E-state index contributed by atoms with van der Waals surface area (Å²) in [6, 6.07) is 4.04. The third-order valence-corrected chi connectivity index (χ3v) is 2.76. The molecule has 20 heavy (non-hydrogen) atoms. The van der Waals surface area contributed by atoms with Crippen LogP contribution in [-0.4, -0.2) is 24.3 Å². The van der Waals surface area contributed by atoms with Crippen LogP contribution < -0.4 is 10.6 Å². The fourth-order valence-corrected chi connectivity index (χ4v) is 1.74. The van der Waals surface area contributed by atoms with E-state index in [0.717, 1.165) is 18.7 Å². The highest BCUT2D eigenvalue weighted by Gasteiger charge is 2.17. The first-order chi connectivity index (χ1) is 9.28. The van der Waals surface area contributed by atoms with E-state index in [4.69, 9.17) is 9.15 Å². The summed E-state index contributed by atoms with van der Waals surface area (Å²) in [7, 11) is 0. The van der Waals surface area contributed by atoms with E-state index < -0.39 is 5.60 Å². The summed E-state index contributed by atoms with van der Waals surface area (Å²) in [6.07, 6.45) is 2.12. The average molecular weight is 282 g/mol. The number of hydrogen-bond acceptors (Lipinski definition) is 4. The maximum Gasteiger partial charge on any atom is 0.407 e. The standard InChI is InChI=1S/C15H26N2O3/c1-11(17-14(18)20-15(3,4)5)8-9-16-12(2)13-7-6-10-19-13/h6-7,10-12,16H,8-9H2,1-5H3,(H,17,18). The van der Waals surface area contributed by atoms with E-state index in [9.17, 15) is 4.79 Å². The Morgan fingerprint density at radius 1 is 1.40 bits per heavy atom. The van der Waals surface area contributed by atoms with Crippen molar-refractivity contribution in [2.45, 2.75) is 58.7 Å². The van der Waals surface area contributed by atoms with Crippen molar-refractivity contribution in [3.8, 4) is 0 Å². The van der Waals surface area contributed by atoms with Crippen LogP contribution >= 0.6 is 0 Å². The first-order valence-electron chi connectivity index (χ1n) is 7.04. The fourth-order valence-electron chi connectivity index (χ4n) is 1.74. The van der Waals surface area contributed by atoms with Gasteiger partial charge in [0.2, 0.25) is 0 Å². The molecular formula is C15H26N2O3. The summed E-state index contributed by atoms with van der Waals surface area (Å²) in [5.74, 6) is 0.915. The Labute approximate surface area is 121 Å². The van der Waals surface area contributed by atoms with Crippen LogP contribution in [0.1, 0.15) is 52.8 Å². The number of carbonyl (C=O) groups excluding carboxylic acids is 1. The average Bonchev–Trinajstić information content (AvgIpc) is 2.78. The summed E-state index contributed by atoms with van der Waals surface area (Å²) in [6.45, 7) is 10.4. The minimum absolute atomic E-state index is 0.0566. The summed E-state index contributed by atoms with van der Waals surface area (Å²) in [4.78, 5) is 11.6. The van der Waals surface area contributed by atoms with E-state index in [-0.39, 0.29) is 18.2 Å². The van der Waals surface area contributed by atoms with Gasteiger partial charge in [-0.05, 0) is 59.7 Å². The largest absolute Gasteiger partial charge is 0.468 e. The maximum atomic E-state index is 11.6. The Morgan fingerprint density at radius 2 is 2.10 bits per heavy atom. The van der Waals surface area contributed by atoms with E-state index >= 15 is 0 Å². The van der Waals surface area contributed by atoms with Crippen molar-refractivity contribution in [1.82, 2.24) is 10.6 Å². The lowest BCUT2D eigenvalue weighted by Crippen LogP contribution is -2.39. The Bertz CT molecular complexity index is 396. The zero-order valence-electron chi connectivity index (χ0n) is 13.0. The van der Waals surface area contributed by atoms with Crippen molar-refractivity contribution in [2.24, 2.45) is 0 Å². The number of hydrogen-bond donors (Lipinski definition) is 2. The Morgan fingerprint density at radius 3 is 2.65 bits per heavy atom. The van der Waals surface area contributed by atoms with Crippen molar-refractivity contribution in [3.05, 3.63) is 24.2 Å². The van der Waals surface area contributed by atoms with Crippen LogP contribution in [0.25, 0.3) is 0 Å². The second-order valence-electron chi connectivity index (χ2n) is 6.03. The summed E-state index contributed by atoms with van der Waals surface area (Å²) < 4.78 is 10.5. The molecule has 1 aromatic rings. The highest BCUT2D eigenvalue weighted by molar-refractivity contribution is 5.67.